The molecule has 8 rings (SSSR count). The second-order valence-electron chi connectivity index (χ2n) is 9.93. The van der Waals surface area contributed by atoms with E-state index in [1.807, 2.05) is 0 Å². The first-order chi connectivity index (χ1) is 15.7. The Morgan fingerprint density at radius 2 is 1.69 bits per heavy atom. The molecule has 6 nitrogen and oxygen atoms in total. The molecule has 4 saturated carbocycles. The van der Waals surface area contributed by atoms with Crippen molar-refractivity contribution in [2.45, 2.75) is 37.8 Å². The van der Waals surface area contributed by atoms with Crippen LogP contribution in [0.15, 0.2) is 54.9 Å². The Hall–Kier alpha value is -3.12. The maximum atomic E-state index is 6.70. The zero-order valence-electron chi connectivity index (χ0n) is 17.9. The number of nitrogens with one attached hydrogen (secondary N) is 1. The number of benzene rings is 2. The second-order valence-corrected chi connectivity index (χ2v) is 9.93. The Bertz CT molecular complexity index is 1340. The van der Waals surface area contributed by atoms with Crippen LogP contribution in [-0.2, 0) is 0 Å². The van der Waals surface area contributed by atoms with Crippen molar-refractivity contribution in [1.82, 2.24) is 19.9 Å². The van der Waals surface area contributed by atoms with Crippen molar-refractivity contribution in [1.29, 1.82) is 0 Å². The van der Waals surface area contributed by atoms with Gasteiger partial charge in [0.25, 0.3) is 0 Å². The first-order valence-electron chi connectivity index (χ1n) is 11.7. The highest BCUT2D eigenvalue weighted by Gasteiger charge is 2.52. The van der Waals surface area contributed by atoms with Crippen molar-refractivity contribution in [3.63, 3.8) is 0 Å². The Kier molecular flexibility index (Phi) is 4.00. The van der Waals surface area contributed by atoms with Gasteiger partial charge in [-0.2, -0.15) is 0 Å². The Balaban J connectivity index is 1.32. The van der Waals surface area contributed by atoms with Gasteiger partial charge in [0.05, 0.1) is 0 Å². The first-order valence-corrected chi connectivity index (χ1v) is 11.7. The van der Waals surface area contributed by atoms with E-state index in [-0.39, 0.29) is 0 Å². The van der Waals surface area contributed by atoms with E-state index in [0.29, 0.717) is 41.3 Å². The van der Waals surface area contributed by atoms with E-state index < -0.39 is 0 Å². The van der Waals surface area contributed by atoms with Gasteiger partial charge in [0.15, 0.2) is 17.3 Å². The van der Waals surface area contributed by atoms with Gasteiger partial charge >= 0.3 is 0 Å². The minimum absolute atomic E-state index is 0.291. The Morgan fingerprint density at radius 1 is 0.844 bits per heavy atom. The monoisotopic (exact) mass is 422 g/mol. The average molecular weight is 423 g/mol. The molecule has 4 aliphatic carbocycles. The van der Waals surface area contributed by atoms with E-state index in [9.17, 15) is 0 Å². The number of hydrogen-bond acceptors (Lipinski definition) is 6. The van der Waals surface area contributed by atoms with Crippen molar-refractivity contribution in [2.24, 2.45) is 29.4 Å². The molecule has 0 radical (unpaired) electrons. The maximum absolute atomic E-state index is 6.70. The third-order valence-corrected chi connectivity index (χ3v) is 8.13. The van der Waals surface area contributed by atoms with Crippen LogP contribution in [0, 0.1) is 23.7 Å². The zero-order chi connectivity index (χ0) is 21.2. The molecule has 4 fully saturated rings. The lowest BCUT2D eigenvalue weighted by Crippen LogP contribution is -2.61. The van der Waals surface area contributed by atoms with Crippen LogP contribution in [0.2, 0.25) is 0 Å². The molecule has 2 aromatic carbocycles. The third kappa shape index (κ3) is 2.82. The lowest BCUT2D eigenvalue weighted by Gasteiger charge is -2.57. The summed E-state index contributed by atoms with van der Waals surface area (Å²) in [4.78, 5) is 18.9. The van der Waals surface area contributed by atoms with Crippen LogP contribution in [0.25, 0.3) is 33.3 Å². The largest absolute Gasteiger partial charge is 0.365 e. The summed E-state index contributed by atoms with van der Waals surface area (Å²) in [5.74, 6) is 4.21. The summed E-state index contributed by atoms with van der Waals surface area (Å²) in [6.07, 6.45) is 8.52. The number of hydrogen-bond donors (Lipinski definition) is 2. The van der Waals surface area contributed by atoms with Gasteiger partial charge in [0.2, 0.25) is 0 Å². The van der Waals surface area contributed by atoms with Crippen molar-refractivity contribution in [2.75, 3.05) is 5.32 Å². The van der Waals surface area contributed by atoms with Gasteiger partial charge in [-0.1, -0.05) is 36.4 Å². The molecule has 160 valence electrons. The molecular weight excluding hydrogens is 396 g/mol. The van der Waals surface area contributed by atoms with Crippen LogP contribution in [-0.4, -0.2) is 32.0 Å². The fourth-order valence-electron chi connectivity index (χ4n) is 6.77. The lowest BCUT2D eigenvalue weighted by atomic mass is 9.52. The van der Waals surface area contributed by atoms with Crippen LogP contribution in [0.5, 0.6) is 0 Å². The van der Waals surface area contributed by atoms with Crippen LogP contribution in [0.1, 0.15) is 25.7 Å². The first kappa shape index (κ1) is 18.5. The van der Waals surface area contributed by atoms with Crippen molar-refractivity contribution >= 4 is 27.8 Å². The van der Waals surface area contributed by atoms with Crippen molar-refractivity contribution < 1.29 is 0 Å². The molecule has 4 aromatic rings. The highest BCUT2D eigenvalue weighted by Crippen LogP contribution is 2.54. The van der Waals surface area contributed by atoms with Gasteiger partial charge < -0.3 is 11.1 Å². The zero-order valence-corrected chi connectivity index (χ0v) is 17.9. The number of nitrogens with two attached hydrogens (primary N) is 1. The van der Waals surface area contributed by atoms with Crippen molar-refractivity contribution in [3.8, 4) is 11.4 Å². The summed E-state index contributed by atoms with van der Waals surface area (Å²) in [7, 11) is 0. The van der Waals surface area contributed by atoms with Gasteiger partial charge in [-0.3, -0.25) is 0 Å². The maximum Gasteiger partial charge on any atom is 0.184 e. The predicted molar refractivity (Wildman–Crippen MR) is 126 cm³/mol. The number of aromatic nitrogens is 4. The number of rotatable bonds is 3. The molecule has 3 N–H and O–H groups in total. The number of anilines is 1. The topological polar surface area (TPSA) is 89.6 Å². The number of fused-ring (bicyclic) bond motifs is 2. The van der Waals surface area contributed by atoms with Gasteiger partial charge in [-0.15, -0.1) is 0 Å². The molecule has 32 heavy (non-hydrogen) atoms. The Labute approximate surface area is 186 Å². The van der Waals surface area contributed by atoms with Crippen LogP contribution in [0.3, 0.4) is 0 Å². The van der Waals surface area contributed by atoms with Gasteiger partial charge in [0, 0.05) is 30.0 Å². The summed E-state index contributed by atoms with van der Waals surface area (Å²) < 4.78 is 0. The Morgan fingerprint density at radius 3 is 2.62 bits per heavy atom. The minimum atomic E-state index is 0.291. The highest BCUT2D eigenvalue weighted by atomic mass is 15.1. The fraction of sp³-hybridized carbons (Fsp3) is 0.385. The van der Waals surface area contributed by atoms with E-state index in [4.69, 9.17) is 15.7 Å². The standard InChI is InChI=1S/C26H26N6/c27-21-18-9-14-10-19(13-18)22(20(21)11-14)30-26-23-25(29-8-7-28-23)31-24(32-26)17-6-5-15-3-1-2-4-16(15)12-17/h1-8,12,14,18-22H,9-11,13,27H2,(H,29,30,31,32). The summed E-state index contributed by atoms with van der Waals surface area (Å²) in [5.41, 5.74) is 9.05. The minimum Gasteiger partial charge on any atom is -0.365 e. The molecular formula is C26H26N6. The molecule has 2 aromatic heterocycles. The molecule has 0 amide bonds. The molecule has 6 unspecified atom stereocenters. The normalized spacial score (nSPS) is 30.8. The molecule has 0 spiro atoms. The fourth-order valence-corrected chi connectivity index (χ4v) is 6.77. The van der Waals surface area contributed by atoms with Crippen molar-refractivity contribution in [3.05, 3.63) is 54.9 Å². The third-order valence-electron chi connectivity index (χ3n) is 8.13. The molecule has 2 heterocycles. The quantitative estimate of drug-likeness (QED) is 0.508. The second kappa shape index (κ2) is 6.94. The van der Waals surface area contributed by atoms with E-state index in [0.717, 1.165) is 22.8 Å². The van der Waals surface area contributed by atoms with E-state index >= 15 is 0 Å². The molecule has 0 aliphatic heterocycles. The van der Waals surface area contributed by atoms with E-state index in [2.05, 4.69) is 57.7 Å². The molecule has 4 aliphatic rings. The van der Waals surface area contributed by atoms with Crippen LogP contribution >= 0.6 is 0 Å². The average Bonchev–Trinajstić information content (AvgIpc) is 2.83. The van der Waals surface area contributed by atoms with Gasteiger partial charge in [0.1, 0.15) is 5.52 Å². The summed E-state index contributed by atoms with van der Waals surface area (Å²) >= 11 is 0. The molecule has 4 bridgehead atoms. The van der Waals surface area contributed by atoms with Gasteiger partial charge in [-0.05, 0) is 66.2 Å². The number of nitrogens with zero attached hydrogens (tertiary/aromatic N) is 4. The summed E-state index contributed by atoms with van der Waals surface area (Å²) in [5, 5.41) is 6.19. The predicted octanol–water partition coefficient (Wildman–Crippen LogP) is 4.41. The highest BCUT2D eigenvalue weighted by molar-refractivity contribution is 5.88. The summed E-state index contributed by atoms with van der Waals surface area (Å²) in [6, 6.07) is 15.4. The van der Waals surface area contributed by atoms with Crippen LogP contribution in [0.4, 0.5) is 5.82 Å². The lowest BCUT2D eigenvalue weighted by molar-refractivity contribution is -0.0112. The summed E-state index contributed by atoms with van der Waals surface area (Å²) in [6.45, 7) is 0. The smallest absolute Gasteiger partial charge is 0.184 e. The molecule has 6 heteroatoms. The van der Waals surface area contributed by atoms with E-state index in [1.54, 1.807) is 12.4 Å². The van der Waals surface area contributed by atoms with E-state index in [1.165, 1.54) is 36.5 Å². The molecule has 0 saturated heterocycles. The SMILES string of the molecule is NC1C2CC3CC(C2)C(Nc2nc(-c4ccc5ccccc5c4)nc4nccnc24)C1C3. The van der Waals surface area contributed by atoms with Gasteiger partial charge in [-0.25, -0.2) is 19.9 Å². The molecule has 6 atom stereocenters. The van der Waals surface area contributed by atoms with Crippen LogP contribution < -0.4 is 11.1 Å².